The zero-order valence-corrected chi connectivity index (χ0v) is 17.3. The minimum atomic E-state index is 0.378. The molecule has 0 unspecified atom stereocenters. The smallest absolute Gasteiger partial charge is 0.119 e. The number of phenolic OH excluding ortho intramolecular Hbond substituents is 1. The number of benzene rings is 2. The number of nitrogens with one attached hydrogen (secondary N) is 2. The number of halogens is 1. The molecule has 0 aliphatic carbocycles. The molecule has 1 aromatic heterocycles. The van der Waals surface area contributed by atoms with E-state index in [1.54, 1.807) is 6.07 Å². The maximum atomic E-state index is 10.4. The third-order valence-corrected chi connectivity index (χ3v) is 5.19. The van der Waals surface area contributed by atoms with Crippen molar-refractivity contribution in [1.29, 1.82) is 0 Å². The van der Waals surface area contributed by atoms with Gasteiger partial charge in [-0.2, -0.15) is 0 Å². The normalized spacial score (nSPS) is 11.0. The van der Waals surface area contributed by atoms with Crippen LogP contribution in [0.2, 0.25) is 0 Å². The third kappa shape index (κ3) is 4.10. The molecule has 0 saturated heterocycles. The van der Waals surface area contributed by atoms with Crippen LogP contribution in [0.5, 0.6) is 5.75 Å². The van der Waals surface area contributed by atoms with E-state index in [0.29, 0.717) is 12.3 Å². The monoisotopic (exact) mass is 461 g/mol. The Kier molecular flexibility index (Phi) is 6.32. The van der Waals surface area contributed by atoms with Gasteiger partial charge in [-0.25, -0.2) is 0 Å². The van der Waals surface area contributed by atoms with E-state index in [4.69, 9.17) is 0 Å². The number of hydrogen-bond acceptors (Lipinski definition) is 4. The van der Waals surface area contributed by atoms with Crippen LogP contribution in [0.25, 0.3) is 10.9 Å². The summed E-state index contributed by atoms with van der Waals surface area (Å²) >= 11 is 2.30. The molecule has 0 radical (unpaired) electrons. The molecule has 5 heteroatoms. The molecule has 3 aromatic rings. The second-order valence-corrected chi connectivity index (χ2v) is 7.61. The van der Waals surface area contributed by atoms with Crippen molar-refractivity contribution in [3.05, 3.63) is 57.3 Å². The fraction of sp³-hybridized carbons (Fsp3) is 0.286. The molecule has 26 heavy (non-hydrogen) atoms. The fourth-order valence-corrected chi connectivity index (χ4v) is 3.66. The summed E-state index contributed by atoms with van der Waals surface area (Å²) in [5.41, 5.74) is 5.17. The summed E-state index contributed by atoms with van der Waals surface area (Å²) in [5, 5.41) is 18.3. The van der Waals surface area contributed by atoms with Crippen molar-refractivity contribution in [1.82, 2.24) is 10.3 Å². The van der Waals surface area contributed by atoms with Crippen molar-refractivity contribution in [2.24, 2.45) is 0 Å². The molecule has 0 spiro atoms. The molecule has 0 bridgehead atoms. The Morgan fingerprint density at radius 3 is 2.69 bits per heavy atom. The summed E-state index contributed by atoms with van der Waals surface area (Å²) in [6.07, 6.45) is 4.87. The first-order valence-electron chi connectivity index (χ1n) is 8.93. The molecule has 0 amide bonds. The van der Waals surface area contributed by atoms with Gasteiger partial charge in [0.05, 0.1) is 5.52 Å². The number of nitrogens with zero attached hydrogens (tertiary/aromatic N) is 1. The van der Waals surface area contributed by atoms with E-state index in [0.717, 1.165) is 52.7 Å². The van der Waals surface area contributed by atoms with Crippen LogP contribution >= 0.6 is 22.6 Å². The first kappa shape index (κ1) is 18.9. The minimum Gasteiger partial charge on any atom is -0.508 e. The van der Waals surface area contributed by atoms with E-state index in [9.17, 15) is 5.11 Å². The average Bonchev–Trinajstić information content (AvgIpc) is 2.63. The summed E-state index contributed by atoms with van der Waals surface area (Å²) in [5.74, 6) is 0.378. The van der Waals surface area contributed by atoms with Gasteiger partial charge in [0.2, 0.25) is 0 Å². The molecule has 0 fully saturated rings. The van der Waals surface area contributed by atoms with E-state index in [-0.39, 0.29) is 0 Å². The zero-order chi connectivity index (χ0) is 18.5. The van der Waals surface area contributed by atoms with E-state index < -0.39 is 0 Å². The van der Waals surface area contributed by atoms with Crippen molar-refractivity contribution >= 4 is 44.9 Å². The quantitative estimate of drug-likeness (QED) is 0.328. The van der Waals surface area contributed by atoms with Gasteiger partial charge >= 0.3 is 0 Å². The lowest BCUT2D eigenvalue weighted by Gasteiger charge is -2.18. The molecular weight excluding hydrogens is 437 g/mol. The number of fused-ring (bicyclic) bond motifs is 1. The summed E-state index contributed by atoms with van der Waals surface area (Å²) in [6.45, 7) is 2.87. The molecule has 2 aromatic carbocycles. The van der Waals surface area contributed by atoms with Crippen LogP contribution < -0.4 is 10.6 Å². The van der Waals surface area contributed by atoms with Gasteiger partial charge in [0.25, 0.3) is 0 Å². The number of anilines is 2. The van der Waals surface area contributed by atoms with Crippen LogP contribution in [0, 0.1) is 3.57 Å². The molecule has 136 valence electrons. The number of aromatic hydroxyl groups is 1. The Labute approximate surface area is 168 Å². The number of aromatic nitrogens is 1. The van der Waals surface area contributed by atoms with Gasteiger partial charge in [0.1, 0.15) is 5.75 Å². The SMILES string of the molecule is CCCCc1c(O)ccc(Nc2ccnc3cc(I)ccc23)c1CNC. The highest BCUT2D eigenvalue weighted by molar-refractivity contribution is 14.1. The average molecular weight is 461 g/mol. The number of hydrogen-bond donors (Lipinski definition) is 3. The van der Waals surface area contributed by atoms with Crippen molar-refractivity contribution < 1.29 is 5.11 Å². The molecule has 4 nitrogen and oxygen atoms in total. The predicted molar refractivity (Wildman–Crippen MR) is 117 cm³/mol. The lowest BCUT2D eigenvalue weighted by atomic mass is 9.98. The second-order valence-electron chi connectivity index (χ2n) is 6.37. The summed E-state index contributed by atoms with van der Waals surface area (Å²) in [4.78, 5) is 4.48. The molecule has 0 atom stereocenters. The van der Waals surface area contributed by atoms with E-state index in [1.807, 2.05) is 25.4 Å². The van der Waals surface area contributed by atoms with Crippen molar-refractivity contribution in [3.63, 3.8) is 0 Å². The largest absolute Gasteiger partial charge is 0.508 e. The van der Waals surface area contributed by atoms with Gasteiger partial charge in [0.15, 0.2) is 0 Å². The van der Waals surface area contributed by atoms with E-state index in [1.165, 1.54) is 3.57 Å². The van der Waals surface area contributed by atoms with Crippen LogP contribution in [0.3, 0.4) is 0 Å². The standard InChI is InChI=1S/C21H24IN3O/c1-3-4-5-15-17(13-23-2)18(8-9-21(15)26)25-19-10-11-24-20-12-14(22)6-7-16(19)20/h6-12,23,26H,3-5,13H2,1-2H3,(H,24,25). The van der Waals surface area contributed by atoms with Crippen LogP contribution in [-0.2, 0) is 13.0 Å². The minimum absolute atomic E-state index is 0.378. The molecular formula is C21H24IN3O. The van der Waals surface area contributed by atoms with Gasteiger partial charge < -0.3 is 15.7 Å². The van der Waals surface area contributed by atoms with Crippen LogP contribution in [0.1, 0.15) is 30.9 Å². The van der Waals surface area contributed by atoms with E-state index >= 15 is 0 Å². The molecule has 0 aliphatic heterocycles. The lowest BCUT2D eigenvalue weighted by Crippen LogP contribution is -2.11. The van der Waals surface area contributed by atoms with Crippen LogP contribution in [0.4, 0.5) is 11.4 Å². The van der Waals surface area contributed by atoms with Crippen molar-refractivity contribution in [2.75, 3.05) is 12.4 Å². The summed E-state index contributed by atoms with van der Waals surface area (Å²) in [7, 11) is 1.93. The Morgan fingerprint density at radius 1 is 1.08 bits per heavy atom. The Morgan fingerprint density at radius 2 is 1.92 bits per heavy atom. The van der Waals surface area contributed by atoms with E-state index in [2.05, 4.69) is 63.3 Å². The highest BCUT2D eigenvalue weighted by atomic mass is 127. The first-order chi connectivity index (χ1) is 12.6. The predicted octanol–water partition coefficient (Wildman–Crippen LogP) is 5.35. The number of pyridine rings is 1. The first-order valence-corrected chi connectivity index (χ1v) is 10.0. The Hall–Kier alpha value is -1.86. The van der Waals surface area contributed by atoms with Crippen molar-refractivity contribution in [3.8, 4) is 5.75 Å². The topological polar surface area (TPSA) is 57.2 Å². The highest BCUT2D eigenvalue weighted by Crippen LogP contribution is 2.33. The van der Waals surface area contributed by atoms with Crippen LogP contribution in [0.15, 0.2) is 42.6 Å². The van der Waals surface area contributed by atoms with Gasteiger partial charge in [-0.15, -0.1) is 0 Å². The zero-order valence-electron chi connectivity index (χ0n) is 15.1. The maximum absolute atomic E-state index is 10.4. The van der Waals surface area contributed by atoms with Gasteiger partial charge in [-0.05, 0) is 84.4 Å². The second kappa shape index (κ2) is 8.68. The molecule has 3 N–H and O–H groups in total. The molecule has 3 rings (SSSR count). The summed E-state index contributed by atoms with van der Waals surface area (Å²) in [6, 6.07) is 12.0. The van der Waals surface area contributed by atoms with Crippen LogP contribution in [-0.4, -0.2) is 17.1 Å². The lowest BCUT2D eigenvalue weighted by molar-refractivity contribution is 0.465. The van der Waals surface area contributed by atoms with Gasteiger partial charge in [-0.3, -0.25) is 4.98 Å². The Balaban J connectivity index is 2.04. The third-order valence-electron chi connectivity index (χ3n) is 4.51. The van der Waals surface area contributed by atoms with Crippen molar-refractivity contribution in [2.45, 2.75) is 32.7 Å². The number of unbranched alkanes of at least 4 members (excludes halogenated alkanes) is 1. The van der Waals surface area contributed by atoms with Gasteiger partial charge in [0, 0.05) is 38.6 Å². The Bertz CT molecular complexity index is 911. The maximum Gasteiger partial charge on any atom is 0.119 e. The fourth-order valence-electron chi connectivity index (χ4n) is 3.18. The molecule has 0 aliphatic rings. The molecule has 1 heterocycles. The summed E-state index contributed by atoms with van der Waals surface area (Å²) < 4.78 is 1.17. The highest BCUT2D eigenvalue weighted by Gasteiger charge is 2.13. The van der Waals surface area contributed by atoms with Gasteiger partial charge in [-0.1, -0.05) is 13.3 Å². The number of phenols is 1. The number of rotatable bonds is 7. The molecule has 0 saturated carbocycles.